The minimum atomic E-state index is -0.219. The summed E-state index contributed by atoms with van der Waals surface area (Å²) in [6.45, 7) is 1.78. The molecule has 1 aliphatic heterocycles. The third-order valence-corrected chi connectivity index (χ3v) is 3.22. The summed E-state index contributed by atoms with van der Waals surface area (Å²) in [5, 5.41) is 28.9. The molecule has 3 N–H and O–H groups in total. The number of carbonyl (C=O) groups is 1. The molecule has 1 fully saturated rings. The van der Waals surface area contributed by atoms with Crippen molar-refractivity contribution in [3.63, 3.8) is 0 Å². The zero-order valence-electron chi connectivity index (χ0n) is 9.49. The summed E-state index contributed by atoms with van der Waals surface area (Å²) in [5.41, 5.74) is 0.594. The summed E-state index contributed by atoms with van der Waals surface area (Å²) in [5.74, 6) is -0.495. The van der Waals surface area contributed by atoms with Crippen LogP contribution in [0.5, 0.6) is 11.5 Å². The number of aromatic hydroxyl groups is 2. The van der Waals surface area contributed by atoms with Gasteiger partial charge in [-0.05, 0) is 30.7 Å². The van der Waals surface area contributed by atoms with E-state index in [2.05, 4.69) is 15.5 Å². The Morgan fingerprint density at radius 3 is 2.78 bits per heavy atom. The van der Waals surface area contributed by atoms with Crippen LogP contribution in [-0.4, -0.2) is 32.8 Å². The first kappa shape index (κ1) is 12.4. The fourth-order valence-electron chi connectivity index (χ4n) is 1.27. The molecule has 1 atom stereocenters. The Bertz CT molecular complexity index is 542. The van der Waals surface area contributed by atoms with Crippen molar-refractivity contribution < 1.29 is 15.0 Å². The van der Waals surface area contributed by atoms with E-state index >= 15 is 0 Å². The zero-order valence-corrected chi connectivity index (χ0v) is 10.3. The minimum Gasteiger partial charge on any atom is -0.504 e. The molecule has 7 heteroatoms. The standard InChI is InChI=1S/C11H11N3O3S/c1-6-10(17)13-11(18-6)14-12-5-7-2-3-8(15)9(16)4-7/h2-6,15-16H,1H3,(H,13,14,17)/b12-5-/t6-/m0/s1. The summed E-state index contributed by atoms with van der Waals surface area (Å²) in [7, 11) is 0. The Hall–Kier alpha value is -2.02. The normalized spacial score (nSPS) is 21.7. The SMILES string of the molecule is C[C@@H]1SC(=N/N=C\c2ccc(O)c(O)c2)NC1=O. The number of phenolic OH excluding ortho intramolecular Hbond substituents is 2. The number of thioether (sulfide) groups is 1. The molecule has 0 aliphatic carbocycles. The predicted molar refractivity (Wildman–Crippen MR) is 70.0 cm³/mol. The molecule has 1 aromatic rings. The van der Waals surface area contributed by atoms with Crippen LogP contribution in [0.1, 0.15) is 12.5 Å². The predicted octanol–water partition coefficient (Wildman–Crippen LogP) is 1.04. The van der Waals surface area contributed by atoms with Gasteiger partial charge in [0.05, 0.1) is 11.5 Å². The van der Waals surface area contributed by atoms with Gasteiger partial charge in [-0.25, -0.2) is 0 Å². The average molecular weight is 265 g/mol. The second-order valence-corrected chi connectivity index (χ2v) is 4.98. The molecule has 0 unspecified atom stereocenters. The number of benzene rings is 1. The van der Waals surface area contributed by atoms with Crippen LogP contribution in [0, 0.1) is 0 Å². The molecule has 1 saturated heterocycles. The molecule has 1 aliphatic rings. The van der Waals surface area contributed by atoms with Crippen LogP contribution in [0.2, 0.25) is 0 Å². The van der Waals surface area contributed by atoms with Gasteiger partial charge < -0.3 is 15.5 Å². The van der Waals surface area contributed by atoms with Crippen LogP contribution in [0.15, 0.2) is 28.4 Å². The second kappa shape index (κ2) is 5.09. The molecule has 0 bridgehead atoms. The second-order valence-electron chi connectivity index (χ2n) is 3.65. The van der Waals surface area contributed by atoms with E-state index in [0.29, 0.717) is 10.7 Å². The van der Waals surface area contributed by atoms with Gasteiger partial charge in [0.2, 0.25) is 5.91 Å². The van der Waals surface area contributed by atoms with Gasteiger partial charge >= 0.3 is 0 Å². The lowest BCUT2D eigenvalue weighted by atomic mass is 10.2. The third-order valence-electron chi connectivity index (χ3n) is 2.24. The van der Waals surface area contributed by atoms with E-state index in [4.69, 9.17) is 5.11 Å². The fourth-order valence-corrected chi connectivity index (χ4v) is 2.03. The van der Waals surface area contributed by atoms with Crippen LogP contribution < -0.4 is 5.32 Å². The first-order chi connectivity index (χ1) is 8.56. The molecule has 0 radical (unpaired) electrons. The van der Waals surface area contributed by atoms with E-state index in [-0.39, 0.29) is 22.7 Å². The van der Waals surface area contributed by atoms with E-state index in [9.17, 15) is 9.90 Å². The maximum absolute atomic E-state index is 11.2. The molecule has 6 nitrogen and oxygen atoms in total. The average Bonchev–Trinajstić information content (AvgIpc) is 2.63. The van der Waals surface area contributed by atoms with Crippen molar-refractivity contribution in [2.45, 2.75) is 12.2 Å². The highest BCUT2D eigenvalue weighted by Crippen LogP contribution is 2.24. The minimum absolute atomic E-state index is 0.0868. The number of carbonyl (C=O) groups excluding carboxylic acids is 1. The lowest BCUT2D eigenvalue weighted by molar-refractivity contribution is -0.118. The molecular weight excluding hydrogens is 254 g/mol. The van der Waals surface area contributed by atoms with Crippen molar-refractivity contribution in [3.8, 4) is 11.5 Å². The lowest BCUT2D eigenvalue weighted by Crippen LogP contribution is -2.23. The van der Waals surface area contributed by atoms with Crippen molar-refractivity contribution in [1.82, 2.24) is 5.32 Å². The Balaban J connectivity index is 2.05. The zero-order chi connectivity index (χ0) is 13.1. The van der Waals surface area contributed by atoms with Crippen LogP contribution in [0.25, 0.3) is 0 Å². The largest absolute Gasteiger partial charge is 0.504 e. The summed E-state index contributed by atoms with van der Waals surface area (Å²) in [6, 6.07) is 4.31. The molecule has 0 saturated carbocycles. The van der Waals surface area contributed by atoms with Crippen LogP contribution >= 0.6 is 11.8 Å². The monoisotopic (exact) mass is 265 g/mol. The van der Waals surface area contributed by atoms with Gasteiger partial charge in [0.15, 0.2) is 16.7 Å². The fraction of sp³-hybridized carbons (Fsp3) is 0.182. The van der Waals surface area contributed by atoms with Crippen molar-refractivity contribution in [2.75, 3.05) is 0 Å². The molecule has 0 aromatic heterocycles. The summed E-state index contributed by atoms with van der Waals surface area (Å²) < 4.78 is 0. The number of rotatable bonds is 2. The maximum Gasteiger partial charge on any atom is 0.239 e. The van der Waals surface area contributed by atoms with Crippen molar-refractivity contribution in [1.29, 1.82) is 0 Å². The number of amides is 1. The Labute approximate surface area is 107 Å². The van der Waals surface area contributed by atoms with Crippen molar-refractivity contribution in [3.05, 3.63) is 23.8 Å². The van der Waals surface area contributed by atoms with Gasteiger partial charge in [0.25, 0.3) is 0 Å². The van der Waals surface area contributed by atoms with Gasteiger partial charge in [-0.15, -0.1) is 5.10 Å². The number of hydrogen-bond donors (Lipinski definition) is 3. The van der Waals surface area contributed by atoms with Crippen LogP contribution in [-0.2, 0) is 4.79 Å². The smallest absolute Gasteiger partial charge is 0.239 e. The van der Waals surface area contributed by atoms with Gasteiger partial charge in [-0.2, -0.15) is 5.10 Å². The number of amidine groups is 1. The highest BCUT2D eigenvalue weighted by Gasteiger charge is 2.25. The summed E-state index contributed by atoms with van der Waals surface area (Å²) in [4.78, 5) is 11.2. The van der Waals surface area contributed by atoms with Crippen molar-refractivity contribution >= 4 is 29.1 Å². The van der Waals surface area contributed by atoms with Gasteiger partial charge in [0.1, 0.15) is 0 Å². The third kappa shape index (κ3) is 2.80. The van der Waals surface area contributed by atoms with E-state index < -0.39 is 0 Å². The Morgan fingerprint density at radius 2 is 2.17 bits per heavy atom. The highest BCUT2D eigenvalue weighted by molar-refractivity contribution is 8.15. The van der Waals surface area contributed by atoms with E-state index in [1.165, 1.54) is 30.1 Å². The van der Waals surface area contributed by atoms with E-state index in [0.717, 1.165) is 0 Å². The molecular formula is C11H11N3O3S. The molecule has 2 rings (SSSR count). The molecule has 18 heavy (non-hydrogen) atoms. The number of nitrogens with zero attached hydrogens (tertiary/aromatic N) is 2. The van der Waals surface area contributed by atoms with Gasteiger partial charge in [0, 0.05) is 0 Å². The van der Waals surface area contributed by atoms with Crippen LogP contribution in [0.3, 0.4) is 0 Å². The summed E-state index contributed by atoms with van der Waals surface area (Å²) >= 11 is 1.30. The van der Waals surface area contributed by atoms with Crippen LogP contribution in [0.4, 0.5) is 0 Å². The van der Waals surface area contributed by atoms with E-state index in [1.807, 2.05) is 0 Å². The first-order valence-corrected chi connectivity index (χ1v) is 6.05. The molecule has 1 amide bonds. The highest BCUT2D eigenvalue weighted by atomic mass is 32.2. The molecule has 1 heterocycles. The number of nitrogens with one attached hydrogen (secondary N) is 1. The molecule has 1 aromatic carbocycles. The maximum atomic E-state index is 11.2. The summed E-state index contributed by atoms with van der Waals surface area (Å²) in [6.07, 6.45) is 1.42. The quantitative estimate of drug-likeness (QED) is 0.423. The lowest BCUT2D eigenvalue weighted by Gasteiger charge is -1.97. The molecule has 94 valence electrons. The van der Waals surface area contributed by atoms with Crippen molar-refractivity contribution in [2.24, 2.45) is 10.2 Å². The van der Waals surface area contributed by atoms with E-state index in [1.54, 1.807) is 13.0 Å². The first-order valence-electron chi connectivity index (χ1n) is 5.17. The Morgan fingerprint density at radius 1 is 1.39 bits per heavy atom. The number of hydrogen-bond acceptors (Lipinski definition) is 6. The van der Waals surface area contributed by atoms with Gasteiger partial charge in [-0.3, -0.25) is 4.79 Å². The number of phenols is 2. The topological polar surface area (TPSA) is 94.3 Å². The van der Waals surface area contributed by atoms with Gasteiger partial charge in [-0.1, -0.05) is 11.8 Å². The molecule has 0 spiro atoms. The Kier molecular flexibility index (Phi) is 3.52.